The summed E-state index contributed by atoms with van der Waals surface area (Å²) in [5.41, 5.74) is 1.09. The Labute approximate surface area is 154 Å². The molecule has 2 aromatic heterocycles. The first-order chi connectivity index (χ1) is 12.8. The molecule has 0 aliphatic carbocycles. The van der Waals surface area contributed by atoms with Gasteiger partial charge in [0.15, 0.2) is 0 Å². The van der Waals surface area contributed by atoms with Crippen LogP contribution in [0.4, 0.5) is 5.82 Å². The first-order valence-electron chi connectivity index (χ1n) is 9.28. The predicted octanol–water partition coefficient (Wildman–Crippen LogP) is 2.36. The van der Waals surface area contributed by atoms with E-state index < -0.39 is 0 Å². The van der Waals surface area contributed by atoms with Crippen molar-refractivity contribution in [2.24, 2.45) is 0 Å². The fourth-order valence-electron chi connectivity index (χ4n) is 3.97. The number of hydrogen-bond acceptors (Lipinski definition) is 6. The normalized spacial score (nSPS) is 20.3. The van der Waals surface area contributed by atoms with Gasteiger partial charge in [-0.25, -0.2) is 9.97 Å². The first kappa shape index (κ1) is 17.2. The smallest absolute Gasteiger partial charge is 0.217 e. The molecule has 4 heterocycles. The molecule has 2 aliphatic heterocycles. The number of pyridine rings is 2. The van der Waals surface area contributed by atoms with Crippen LogP contribution < -0.4 is 9.64 Å². The predicted molar refractivity (Wildman–Crippen MR) is 100 cm³/mol. The number of rotatable bonds is 4. The van der Waals surface area contributed by atoms with Gasteiger partial charge in [-0.2, -0.15) is 0 Å². The van der Waals surface area contributed by atoms with Crippen LogP contribution in [0.25, 0.3) is 0 Å². The lowest BCUT2D eigenvalue weighted by Crippen LogP contribution is -2.57. The number of methoxy groups -OCH3 is 1. The average molecular weight is 354 g/mol. The lowest BCUT2D eigenvalue weighted by Gasteiger charge is -2.47. The number of piperidine rings is 1. The number of aromatic nitrogens is 2. The second-order valence-electron chi connectivity index (χ2n) is 7.09. The van der Waals surface area contributed by atoms with Crippen molar-refractivity contribution in [1.29, 1.82) is 0 Å². The van der Waals surface area contributed by atoms with Crippen LogP contribution in [-0.4, -0.2) is 60.4 Å². The molecule has 6 heteroatoms. The van der Waals surface area contributed by atoms with Gasteiger partial charge in [0.25, 0.3) is 0 Å². The Balaban J connectivity index is 1.38. The molecule has 1 spiro atoms. The lowest BCUT2D eigenvalue weighted by molar-refractivity contribution is -0.0923. The van der Waals surface area contributed by atoms with E-state index in [0.29, 0.717) is 0 Å². The first-order valence-corrected chi connectivity index (χ1v) is 9.28. The van der Waals surface area contributed by atoms with E-state index in [1.54, 1.807) is 13.3 Å². The van der Waals surface area contributed by atoms with E-state index in [0.717, 1.165) is 69.4 Å². The third-order valence-corrected chi connectivity index (χ3v) is 5.43. The molecule has 0 bridgehead atoms. The van der Waals surface area contributed by atoms with E-state index in [1.807, 2.05) is 24.4 Å². The van der Waals surface area contributed by atoms with Gasteiger partial charge < -0.3 is 14.4 Å². The Bertz CT molecular complexity index is 717. The van der Waals surface area contributed by atoms with Gasteiger partial charge in [-0.3, -0.25) is 4.90 Å². The minimum atomic E-state index is -0.0503. The van der Waals surface area contributed by atoms with Gasteiger partial charge in [0.1, 0.15) is 5.82 Å². The van der Waals surface area contributed by atoms with Crippen LogP contribution in [0.15, 0.2) is 42.7 Å². The van der Waals surface area contributed by atoms with E-state index >= 15 is 0 Å². The average Bonchev–Trinajstić information content (AvgIpc) is 2.71. The van der Waals surface area contributed by atoms with E-state index in [1.165, 1.54) is 0 Å². The van der Waals surface area contributed by atoms with E-state index in [9.17, 15) is 0 Å². The summed E-state index contributed by atoms with van der Waals surface area (Å²) in [6, 6.07) is 10.2. The zero-order valence-electron chi connectivity index (χ0n) is 15.3. The number of morpholine rings is 1. The summed E-state index contributed by atoms with van der Waals surface area (Å²) < 4.78 is 11.7. The minimum Gasteiger partial charge on any atom is -0.481 e. The SMILES string of the molecule is COc1ncccc1CN1CCC2(CC1)CN(c1ccccn1)CCO2. The number of ether oxygens (including phenoxy) is 2. The fourth-order valence-corrected chi connectivity index (χ4v) is 3.97. The van der Waals surface area contributed by atoms with Crippen molar-refractivity contribution >= 4 is 5.82 Å². The highest BCUT2D eigenvalue weighted by Gasteiger charge is 2.40. The topological polar surface area (TPSA) is 50.7 Å². The molecule has 0 atom stereocenters. The molecular weight excluding hydrogens is 328 g/mol. The molecule has 2 fully saturated rings. The maximum atomic E-state index is 6.27. The quantitative estimate of drug-likeness (QED) is 0.840. The van der Waals surface area contributed by atoms with Crippen molar-refractivity contribution in [3.8, 4) is 5.88 Å². The Morgan fingerprint density at radius 2 is 1.92 bits per heavy atom. The molecule has 2 aromatic rings. The van der Waals surface area contributed by atoms with Gasteiger partial charge in [0.2, 0.25) is 5.88 Å². The fraction of sp³-hybridized carbons (Fsp3) is 0.500. The molecule has 2 aliphatic rings. The molecule has 26 heavy (non-hydrogen) atoms. The minimum absolute atomic E-state index is 0.0503. The number of anilines is 1. The molecular formula is C20H26N4O2. The molecule has 4 rings (SSSR count). The van der Waals surface area contributed by atoms with Crippen LogP contribution in [0.2, 0.25) is 0 Å². The Kier molecular flexibility index (Phi) is 5.04. The van der Waals surface area contributed by atoms with Crippen LogP contribution in [-0.2, 0) is 11.3 Å². The molecule has 0 unspecified atom stereocenters. The van der Waals surface area contributed by atoms with Gasteiger partial charge in [0, 0.05) is 50.7 Å². The highest BCUT2D eigenvalue weighted by Crippen LogP contribution is 2.32. The van der Waals surface area contributed by atoms with E-state index in [-0.39, 0.29) is 5.60 Å². The summed E-state index contributed by atoms with van der Waals surface area (Å²) in [4.78, 5) is 13.6. The van der Waals surface area contributed by atoms with E-state index in [2.05, 4.69) is 31.9 Å². The summed E-state index contributed by atoms with van der Waals surface area (Å²) in [5.74, 6) is 1.78. The maximum absolute atomic E-state index is 6.27. The zero-order valence-corrected chi connectivity index (χ0v) is 15.3. The molecule has 6 nitrogen and oxygen atoms in total. The van der Waals surface area contributed by atoms with Crippen molar-refractivity contribution in [1.82, 2.24) is 14.9 Å². The van der Waals surface area contributed by atoms with Gasteiger partial charge in [-0.15, -0.1) is 0 Å². The number of hydrogen-bond donors (Lipinski definition) is 0. The van der Waals surface area contributed by atoms with Crippen LogP contribution in [0.3, 0.4) is 0 Å². The zero-order chi connectivity index (χ0) is 17.8. The van der Waals surface area contributed by atoms with Crippen molar-refractivity contribution in [2.45, 2.75) is 25.0 Å². The van der Waals surface area contributed by atoms with Crippen molar-refractivity contribution in [3.63, 3.8) is 0 Å². The highest BCUT2D eigenvalue weighted by atomic mass is 16.5. The van der Waals surface area contributed by atoms with Crippen LogP contribution in [0.1, 0.15) is 18.4 Å². The summed E-state index contributed by atoms with van der Waals surface area (Å²) in [6.07, 6.45) is 5.72. The second kappa shape index (κ2) is 7.60. The molecule has 0 saturated carbocycles. The van der Waals surface area contributed by atoms with Crippen molar-refractivity contribution < 1.29 is 9.47 Å². The Hall–Kier alpha value is -2.18. The lowest BCUT2D eigenvalue weighted by atomic mass is 9.89. The van der Waals surface area contributed by atoms with Crippen molar-refractivity contribution in [3.05, 3.63) is 48.3 Å². The largest absolute Gasteiger partial charge is 0.481 e. The third kappa shape index (κ3) is 3.66. The molecule has 0 aromatic carbocycles. The van der Waals surface area contributed by atoms with Crippen LogP contribution >= 0.6 is 0 Å². The molecule has 0 N–H and O–H groups in total. The molecule has 0 radical (unpaired) electrons. The second-order valence-corrected chi connectivity index (χ2v) is 7.09. The molecule has 2 saturated heterocycles. The van der Waals surface area contributed by atoms with E-state index in [4.69, 9.17) is 9.47 Å². The third-order valence-electron chi connectivity index (χ3n) is 5.43. The van der Waals surface area contributed by atoms with Gasteiger partial charge in [-0.05, 0) is 31.0 Å². The van der Waals surface area contributed by atoms with Gasteiger partial charge in [-0.1, -0.05) is 12.1 Å². The standard InChI is InChI=1S/C20H26N4O2/c1-25-19-17(5-4-10-22-19)15-23-11-7-20(8-12-23)16-24(13-14-26-20)18-6-2-3-9-21-18/h2-6,9-10H,7-8,11-16H2,1H3. The Morgan fingerprint density at radius 1 is 1.08 bits per heavy atom. The monoisotopic (exact) mass is 354 g/mol. The summed E-state index contributed by atoms with van der Waals surface area (Å²) in [7, 11) is 1.68. The summed E-state index contributed by atoms with van der Waals surface area (Å²) in [5, 5.41) is 0. The van der Waals surface area contributed by atoms with Gasteiger partial charge in [0.05, 0.1) is 19.3 Å². The molecule has 138 valence electrons. The summed E-state index contributed by atoms with van der Waals surface area (Å²) >= 11 is 0. The van der Waals surface area contributed by atoms with Crippen LogP contribution in [0, 0.1) is 0 Å². The van der Waals surface area contributed by atoms with Crippen LogP contribution in [0.5, 0.6) is 5.88 Å². The highest BCUT2D eigenvalue weighted by molar-refractivity contribution is 5.39. The molecule has 0 amide bonds. The number of nitrogens with zero attached hydrogens (tertiary/aromatic N) is 4. The van der Waals surface area contributed by atoms with Crippen molar-refractivity contribution in [2.75, 3.05) is 44.8 Å². The summed E-state index contributed by atoms with van der Waals surface area (Å²) in [6.45, 7) is 5.52. The number of likely N-dealkylation sites (tertiary alicyclic amines) is 1. The Morgan fingerprint density at radius 3 is 2.69 bits per heavy atom. The maximum Gasteiger partial charge on any atom is 0.217 e. The van der Waals surface area contributed by atoms with Gasteiger partial charge >= 0.3 is 0 Å².